The second-order valence-corrected chi connectivity index (χ2v) is 10.4. The van der Waals surface area contributed by atoms with Crippen molar-refractivity contribution in [3.8, 4) is 23.7 Å². The fraction of sp³-hybridized carbons (Fsp3) is 0.643. The predicted molar refractivity (Wildman–Crippen MR) is 136 cm³/mol. The van der Waals surface area contributed by atoms with Gasteiger partial charge in [-0.05, 0) is 35.1 Å². The van der Waals surface area contributed by atoms with Crippen molar-refractivity contribution < 1.29 is 50.3 Å². The van der Waals surface area contributed by atoms with E-state index >= 15 is 0 Å². The Morgan fingerprint density at radius 2 is 0.947 bits per heavy atom. The highest BCUT2D eigenvalue weighted by Gasteiger charge is 2.43. The van der Waals surface area contributed by atoms with Crippen molar-refractivity contribution in [2.24, 2.45) is 0 Å². The van der Waals surface area contributed by atoms with Crippen LogP contribution < -0.4 is 0 Å². The van der Waals surface area contributed by atoms with Gasteiger partial charge in [0.25, 0.3) is 0 Å². The summed E-state index contributed by atoms with van der Waals surface area (Å²) in [6.07, 6.45) is -13.2. The molecular formula is C28H38O10. The van der Waals surface area contributed by atoms with Crippen LogP contribution in [0.2, 0.25) is 0 Å². The van der Waals surface area contributed by atoms with Crippen LogP contribution in [0.3, 0.4) is 0 Å². The summed E-state index contributed by atoms with van der Waals surface area (Å²) in [5.41, 5.74) is 2.98. The van der Waals surface area contributed by atoms with Crippen LogP contribution in [0.4, 0.5) is 0 Å². The monoisotopic (exact) mass is 534 g/mol. The van der Waals surface area contributed by atoms with E-state index in [4.69, 9.17) is 9.47 Å². The van der Waals surface area contributed by atoms with Gasteiger partial charge in [-0.2, -0.15) is 0 Å². The molecule has 0 aromatic heterocycles. The van der Waals surface area contributed by atoms with Gasteiger partial charge in [0.05, 0.1) is 13.2 Å². The molecule has 0 saturated carbocycles. The molecule has 2 aliphatic heterocycles. The Morgan fingerprint density at radius 1 is 0.605 bits per heavy atom. The van der Waals surface area contributed by atoms with Gasteiger partial charge in [-0.25, -0.2) is 0 Å². The molecule has 1 aromatic carbocycles. The van der Waals surface area contributed by atoms with E-state index in [1.165, 1.54) is 0 Å². The minimum absolute atomic E-state index is 0.0168. The smallest absolute Gasteiger partial charge is 0.147 e. The SMILES string of the molecule is CC(C)c1cc(C#CC2OC(CO)C(O)C(O)C2O)c(C(C)C)cc1C#CC1OC(CO)C(O)C(O)C1O. The number of aliphatic hydroxyl groups is 8. The molecular weight excluding hydrogens is 496 g/mol. The van der Waals surface area contributed by atoms with Gasteiger partial charge in [0.15, 0.2) is 0 Å². The van der Waals surface area contributed by atoms with Crippen LogP contribution in [0.15, 0.2) is 12.1 Å². The summed E-state index contributed by atoms with van der Waals surface area (Å²) in [7, 11) is 0. The molecule has 8 N–H and O–H groups in total. The second kappa shape index (κ2) is 12.9. The molecule has 10 heteroatoms. The Kier molecular flexibility index (Phi) is 10.3. The Labute approximate surface area is 222 Å². The van der Waals surface area contributed by atoms with Crippen LogP contribution in [0.25, 0.3) is 0 Å². The van der Waals surface area contributed by atoms with Gasteiger partial charge < -0.3 is 50.3 Å². The van der Waals surface area contributed by atoms with E-state index in [2.05, 4.69) is 23.7 Å². The third-order valence-corrected chi connectivity index (χ3v) is 6.95. The molecule has 0 aliphatic carbocycles. The van der Waals surface area contributed by atoms with Crippen LogP contribution >= 0.6 is 0 Å². The van der Waals surface area contributed by atoms with Crippen molar-refractivity contribution in [1.29, 1.82) is 0 Å². The molecule has 38 heavy (non-hydrogen) atoms. The van der Waals surface area contributed by atoms with Gasteiger partial charge in [0, 0.05) is 11.1 Å². The van der Waals surface area contributed by atoms with E-state index in [1.807, 2.05) is 39.8 Å². The number of aliphatic hydroxyl groups excluding tert-OH is 8. The van der Waals surface area contributed by atoms with Gasteiger partial charge in [-0.15, -0.1) is 0 Å². The van der Waals surface area contributed by atoms with E-state index in [0.717, 1.165) is 11.1 Å². The van der Waals surface area contributed by atoms with Gasteiger partial charge in [-0.3, -0.25) is 0 Å². The normalized spacial score (nSPS) is 35.4. The summed E-state index contributed by atoms with van der Waals surface area (Å²) >= 11 is 0. The lowest BCUT2D eigenvalue weighted by Gasteiger charge is -2.37. The van der Waals surface area contributed by atoms with Gasteiger partial charge in [-0.1, -0.05) is 51.4 Å². The summed E-state index contributed by atoms with van der Waals surface area (Å²) in [5, 5.41) is 79.7. The Morgan fingerprint density at radius 3 is 1.24 bits per heavy atom. The largest absolute Gasteiger partial charge is 0.394 e. The number of rotatable bonds is 4. The first-order chi connectivity index (χ1) is 17.9. The highest BCUT2D eigenvalue weighted by atomic mass is 16.5. The molecule has 0 spiro atoms. The lowest BCUT2D eigenvalue weighted by molar-refractivity contribution is -0.214. The fourth-order valence-electron chi connectivity index (χ4n) is 4.54. The molecule has 10 unspecified atom stereocenters. The molecule has 0 bridgehead atoms. The summed E-state index contributed by atoms with van der Waals surface area (Å²) in [5.74, 6) is 11.7. The molecule has 10 nitrogen and oxygen atoms in total. The maximum absolute atomic E-state index is 10.3. The maximum atomic E-state index is 10.3. The highest BCUT2D eigenvalue weighted by molar-refractivity contribution is 5.54. The highest BCUT2D eigenvalue weighted by Crippen LogP contribution is 2.29. The number of benzene rings is 1. The van der Waals surface area contributed by atoms with Crippen molar-refractivity contribution in [2.75, 3.05) is 13.2 Å². The number of hydrogen-bond donors (Lipinski definition) is 8. The van der Waals surface area contributed by atoms with E-state index in [9.17, 15) is 40.9 Å². The fourth-order valence-corrected chi connectivity index (χ4v) is 4.54. The molecule has 2 heterocycles. The minimum atomic E-state index is -1.52. The van der Waals surface area contributed by atoms with Crippen LogP contribution in [-0.2, 0) is 9.47 Å². The molecule has 1 aromatic rings. The molecule has 2 saturated heterocycles. The lowest BCUT2D eigenvalue weighted by atomic mass is 9.87. The van der Waals surface area contributed by atoms with Crippen molar-refractivity contribution in [2.45, 2.75) is 101 Å². The molecule has 2 aliphatic rings. The molecule has 0 radical (unpaired) electrons. The summed E-state index contributed by atoms with van der Waals surface area (Å²) < 4.78 is 11.0. The van der Waals surface area contributed by atoms with Gasteiger partial charge >= 0.3 is 0 Å². The van der Waals surface area contributed by atoms with Crippen LogP contribution in [0.1, 0.15) is 61.8 Å². The minimum Gasteiger partial charge on any atom is -0.394 e. The van der Waals surface area contributed by atoms with Crippen molar-refractivity contribution in [3.63, 3.8) is 0 Å². The van der Waals surface area contributed by atoms with Crippen molar-refractivity contribution >= 4 is 0 Å². The van der Waals surface area contributed by atoms with Crippen molar-refractivity contribution in [1.82, 2.24) is 0 Å². The van der Waals surface area contributed by atoms with Crippen molar-refractivity contribution in [3.05, 3.63) is 34.4 Å². The first-order valence-corrected chi connectivity index (χ1v) is 12.7. The maximum Gasteiger partial charge on any atom is 0.147 e. The predicted octanol–water partition coefficient (Wildman–Crippen LogP) is -1.68. The summed E-state index contributed by atoms with van der Waals surface area (Å²) in [6.45, 7) is 6.80. The zero-order valence-corrected chi connectivity index (χ0v) is 21.9. The number of ether oxygens (including phenoxy) is 2. The Balaban J connectivity index is 1.99. The second-order valence-electron chi connectivity index (χ2n) is 10.4. The summed E-state index contributed by atoms with van der Waals surface area (Å²) in [6, 6.07) is 3.74. The van der Waals surface area contributed by atoms with Gasteiger partial charge in [0.1, 0.15) is 61.0 Å². The zero-order chi connectivity index (χ0) is 28.3. The topological polar surface area (TPSA) is 180 Å². The first kappa shape index (κ1) is 30.5. The molecule has 2 fully saturated rings. The van der Waals surface area contributed by atoms with E-state index < -0.39 is 74.3 Å². The lowest BCUT2D eigenvalue weighted by Crippen LogP contribution is -2.58. The Hall–Kier alpha value is -2.06. The van der Waals surface area contributed by atoms with E-state index in [-0.39, 0.29) is 11.8 Å². The zero-order valence-electron chi connectivity index (χ0n) is 21.9. The summed E-state index contributed by atoms with van der Waals surface area (Å²) in [4.78, 5) is 0. The first-order valence-electron chi connectivity index (χ1n) is 12.7. The third-order valence-electron chi connectivity index (χ3n) is 6.95. The molecule has 0 amide bonds. The average molecular weight is 535 g/mol. The van der Waals surface area contributed by atoms with Gasteiger partial charge in [0.2, 0.25) is 0 Å². The molecule has 10 atom stereocenters. The molecule has 3 rings (SSSR count). The van der Waals surface area contributed by atoms with E-state index in [0.29, 0.717) is 11.1 Å². The average Bonchev–Trinajstić information content (AvgIpc) is 2.89. The quantitative estimate of drug-likeness (QED) is 0.208. The van der Waals surface area contributed by atoms with Crippen LogP contribution in [0, 0.1) is 23.7 Å². The standard InChI is InChI=1S/C28H38O10/c1-13(2)17-9-16(6-8-20-24(32)28(36)26(34)22(12-30)38-20)18(14(3)4)10-15(17)5-7-19-23(31)27(35)25(33)21(11-29)37-19/h9-10,13-14,19-36H,11-12H2,1-4H3. The third kappa shape index (κ3) is 6.39. The van der Waals surface area contributed by atoms with Crippen LogP contribution in [0.5, 0.6) is 0 Å². The Bertz CT molecular complexity index is 991. The number of hydrogen-bond acceptors (Lipinski definition) is 10. The van der Waals surface area contributed by atoms with Crippen LogP contribution in [-0.4, -0.2) is 115 Å². The molecule has 210 valence electrons. The van der Waals surface area contributed by atoms with E-state index in [1.54, 1.807) is 0 Å².